The van der Waals surface area contributed by atoms with E-state index in [1.54, 1.807) is 24.3 Å². The highest BCUT2D eigenvalue weighted by molar-refractivity contribution is 6.17. The van der Waals surface area contributed by atoms with Gasteiger partial charge in [0, 0.05) is 18.1 Å². The van der Waals surface area contributed by atoms with Gasteiger partial charge >= 0.3 is 6.18 Å². The van der Waals surface area contributed by atoms with Crippen LogP contribution in [0, 0.1) is 0 Å². The molecule has 0 N–H and O–H groups in total. The number of nitrogens with zero attached hydrogens (tertiary/aromatic N) is 1. The molecular formula is C12H15ClF3N. The molecule has 0 unspecified atom stereocenters. The van der Waals surface area contributed by atoms with Crippen molar-refractivity contribution in [3.63, 3.8) is 0 Å². The van der Waals surface area contributed by atoms with E-state index in [9.17, 15) is 13.2 Å². The average molecular weight is 266 g/mol. The van der Waals surface area contributed by atoms with Gasteiger partial charge < -0.3 is 4.90 Å². The Hall–Kier alpha value is -0.900. The fourth-order valence-corrected chi connectivity index (χ4v) is 1.76. The molecule has 1 aromatic rings. The molecule has 0 heterocycles. The number of alkyl halides is 4. The number of rotatable bonds is 5. The van der Waals surface area contributed by atoms with E-state index in [1.165, 1.54) is 4.90 Å². The van der Waals surface area contributed by atoms with Crippen molar-refractivity contribution in [2.45, 2.75) is 25.4 Å². The van der Waals surface area contributed by atoms with Crippen LogP contribution in [0.25, 0.3) is 0 Å². The largest absolute Gasteiger partial charge is 0.405 e. The first-order valence-corrected chi connectivity index (χ1v) is 5.96. The van der Waals surface area contributed by atoms with Crippen LogP contribution in [-0.4, -0.2) is 19.3 Å². The van der Waals surface area contributed by atoms with Crippen molar-refractivity contribution in [3.05, 3.63) is 29.8 Å². The van der Waals surface area contributed by atoms with E-state index in [2.05, 4.69) is 0 Å². The first-order chi connectivity index (χ1) is 7.96. The van der Waals surface area contributed by atoms with Gasteiger partial charge in [0.25, 0.3) is 0 Å². The second-order valence-electron chi connectivity index (χ2n) is 3.84. The first-order valence-electron chi connectivity index (χ1n) is 5.43. The van der Waals surface area contributed by atoms with Gasteiger partial charge in [0.2, 0.25) is 0 Å². The van der Waals surface area contributed by atoms with Gasteiger partial charge in [0.1, 0.15) is 6.54 Å². The van der Waals surface area contributed by atoms with E-state index in [1.807, 2.05) is 6.92 Å². The second kappa shape index (κ2) is 6.15. The van der Waals surface area contributed by atoms with Gasteiger partial charge in [-0.2, -0.15) is 13.2 Å². The lowest BCUT2D eigenvalue weighted by Crippen LogP contribution is -2.34. The summed E-state index contributed by atoms with van der Waals surface area (Å²) < 4.78 is 37.2. The summed E-state index contributed by atoms with van der Waals surface area (Å²) in [6.45, 7) is 1.33. The molecule has 0 bridgehead atoms. The van der Waals surface area contributed by atoms with E-state index < -0.39 is 12.7 Å². The molecule has 0 fully saturated rings. The molecule has 17 heavy (non-hydrogen) atoms. The molecule has 96 valence electrons. The zero-order valence-corrected chi connectivity index (χ0v) is 10.4. The van der Waals surface area contributed by atoms with Crippen molar-refractivity contribution < 1.29 is 13.2 Å². The average Bonchev–Trinajstić information content (AvgIpc) is 2.27. The molecular weight excluding hydrogens is 251 g/mol. The van der Waals surface area contributed by atoms with Crippen LogP contribution in [0.2, 0.25) is 0 Å². The van der Waals surface area contributed by atoms with Crippen LogP contribution in [0.15, 0.2) is 24.3 Å². The fraction of sp³-hybridized carbons (Fsp3) is 0.500. The fourth-order valence-electron chi connectivity index (χ4n) is 1.58. The zero-order valence-electron chi connectivity index (χ0n) is 9.60. The van der Waals surface area contributed by atoms with Gasteiger partial charge in [-0.05, 0) is 24.1 Å². The van der Waals surface area contributed by atoms with Crippen LogP contribution in [0.4, 0.5) is 18.9 Å². The molecule has 5 heteroatoms. The molecule has 0 aliphatic rings. The number of hydrogen-bond acceptors (Lipinski definition) is 1. The third-order valence-electron chi connectivity index (χ3n) is 2.32. The van der Waals surface area contributed by atoms with Gasteiger partial charge in [-0.25, -0.2) is 0 Å². The van der Waals surface area contributed by atoms with Crippen molar-refractivity contribution in [3.8, 4) is 0 Å². The Balaban J connectivity index is 2.81. The Kier molecular flexibility index (Phi) is 5.12. The summed E-state index contributed by atoms with van der Waals surface area (Å²) in [4.78, 5) is 1.33. The normalized spacial score (nSPS) is 11.6. The number of benzene rings is 1. The summed E-state index contributed by atoms with van der Waals surface area (Å²) in [5, 5.41) is 0. The molecule has 1 aromatic carbocycles. The van der Waals surface area contributed by atoms with Crippen molar-refractivity contribution in [2.24, 2.45) is 0 Å². The van der Waals surface area contributed by atoms with E-state index in [0.717, 1.165) is 5.56 Å². The Morgan fingerprint density at radius 3 is 2.18 bits per heavy atom. The highest BCUT2D eigenvalue weighted by Crippen LogP contribution is 2.23. The minimum absolute atomic E-state index is 0.368. The molecule has 0 spiro atoms. The Morgan fingerprint density at radius 1 is 1.18 bits per heavy atom. The highest BCUT2D eigenvalue weighted by atomic mass is 35.5. The van der Waals surface area contributed by atoms with E-state index >= 15 is 0 Å². The predicted octanol–water partition coefficient (Wildman–Crippen LogP) is 4.20. The topological polar surface area (TPSA) is 3.24 Å². The molecule has 0 saturated carbocycles. The number of hydrogen-bond donors (Lipinski definition) is 0. The molecule has 1 rings (SSSR count). The summed E-state index contributed by atoms with van der Waals surface area (Å²) in [5.74, 6) is 0.368. The minimum atomic E-state index is -4.18. The van der Waals surface area contributed by atoms with Crippen LogP contribution in [0.3, 0.4) is 0 Å². The minimum Gasteiger partial charge on any atom is -0.363 e. The Morgan fingerprint density at radius 2 is 1.76 bits per heavy atom. The Bertz CT molecular complexity index is 335. The Labute approximate surface area is 104 Å². The summed E-state index contributed by atoms with van der Waals surface area (Å²) in [6, 6.07) is 6.86. The quantitative estimate of drug-likeness (QED) is 0.721. The van der Waals surface area contributed by atoms with Crippen molar-refractivity contribution >= 4 is 17.3 Å². The van der Waals surface area contributed by atoms with Crippen molar-refractivity contribution in [1.82, 2.24) is 0 Å². The molecule has 0 aliphatic heterocycles. The lowest BCUT2D eigenvalue weighted by atomic mass is 10.2. The number of halogens is 4. The van der Waals surface area contributed by atoms with E-state index in [0.29, 0.717) is 24.5 Å². The van der Waals surface area contributed by atoms with Crippen LogP contribution in [-0.2, 0) is 5.88 Å². The van der Waals surface area contributed by atoms with Gasteiger partial charge in [-0.3, -0.25) is 0 Å². The van der Waals surface area contributed by atoms with Crippen LogP contribution in [0.5, 0.6) is 0 Å². The molecule has 0 amide bonds. The molecule has 1 nitrogen and oxygen atoms in total. The smallest absolute Gasteiger partial charge is 0.363 e. The van der Waals surface area contributed by atoms with Crippen LogP contribution < -0.4 is 4.90 Å². The monoisotopic (exact) mass is 265 g/mol. The van der Waals surface area contributed by atoms with Crippen molar-refractivity contribution in [2.75, 3.05) is 18.0 Å². The van der Waals surface area contributed by atoms with E-state index in [-0.39, 0.29) is 0 Å². The van der Waals surface area contributed by atoms with Crippen molar-refractivity contribution in [1.29, 1.82) is 0 Å². The van der Waals surface area contributed by atoms with Gasteiger partial charge in [-0.1, -0.05) is 19.1 Å². The first kappa shape index (κ1) is 14.2. The standard InChI is InChI=1S/C12H15ClF3N/c1-2-7-17(9-12(14,15)16)11-5-3-10(8-13)4-6-11/h3-6H,2,7-9H2,1H3. The third kappa shape index (κ3) is 4.86. The molecule has 0 saturated heterocycles. The van der Waals surface area contributed by atoms with Gasteiger partial charge in [-0.15, -0.1) is 11.6 Å². The molecule has 0 aliphatic carbocycles. The lowest BCUT2D eigenvalue weighted by molar-refractivity contribution is -0.119. The maximum Gasteiger partial charge on any atom is 0.405 e. The van der Waals surface area contributed by atoms with Gasteiger partial charge in [0.05, 0.1) is 0 Å². The summed E-state index contributed by atoms with van der Waals surface area (Å²) in [5.41, 5.74) is 1.48. The maximum atomic E-state index is 12.4. The number of anilines is 1. The van der Waals surface area contributed by atoms with E-state index in [4.69, 9.17) is 11.6 Å². The summed E-state index contributed by atoms with van der Waals surface area (Å²) >= 11 is 5.63. The zero-order chi connectivity index (χ0) is 12.9. The summed E-state index contributed by atoms with van der Waals surface area (Å²) in [6.07, 6.45) is -3.51. The maximum absolute atomic E-state index is 12.4. The molecule has 0 aromatic heterocycles. The van der Waals surface area contributed by atoms with Crippen LogP contribution in [0.1, 0.15) is 18.9 Å². The van der Waals surface area contributed by atoms with Gasteiger partial charge in [0.15, 0.2) is 0 Å². The lowest BCUT2D eigenvalue weighted by Gasteiger charge is -2.25. The third-order valence-corrected chi connectivity index (χ3v) is 2.63. The molecule has 0 atom stereocenters. The SMILES string of the molecule is CCCN(CC(F)(F)F)c1ccc(CCl)cc1. The van der Waals surface area contributed by atoms with Crippen LogP contribution >= 0.6 is 11.6 Å². The highest BCUT2D eigenvalue weighted by Gasteiger charge is 2.30. The predicted molar refractivity (Wildman–Crippen MR) is 64.6 cm³/mol. The summed E-state index contributed by atoms with van der Waals surface area (Å²) in [7, 11) is 0. The second-order valence-corrected chi connectivity index (χ2v) is 4.10. The molecule has 0 radical (unpaired) electrons.